The average molecular weight is 413 g/mol. The van der Waals surface area contributed by atoms with E-state index in [2.05, 4.69) is 17.0 Å². The summed E-state index contributed by atoms with van der Waals surface area (Å²) in [5, 5.41) is 0. The molecule has 1 fully saturated rings. The summed E-state index contributed by atoms with van der Waals surface area (Å²) in [7, 11) is -3.55. The van der Waals surface area contributed by atoms with E-state index in [-0.39, 0.29) is 12.1 Å². The van der Waals surface area contributed by atoms with E-state index < -0.39 is 10.0 Å². The molecule has 0 aliphatic carbocycles. The average Bonchev–Trinajstić information content (AvgIpc) is 2.69. The molecule has 7 heteroatoms. The van der Waals surface area contributed by atoms with Crippen LogP contribution in [-0.2, 0) is 16.6 Å². The molecule has 1 aliphatic heterocycles. The zero-order valence-corrected chi connectivity index (χ0v) is 16.7. The molecule has 0 amide bonds. The maximum Gasteiger partial charge on any atom is 0.243 e. The van der Waals surface area contributed by atoms with E-state index in [1.807, 2.05) is 18.2 Å². The van der Waals surface area contributed by atoms with Crippen LogP contribution in [0.25, 0.3) is 0 Å². The number of sulfonamides is 1. The molecule has 4 nitrogen and oxygen atoms in total. The van der Waals surface area contributed by atoms with Gasteiger partial charge in [0, 0.05) is 43.5 Å². The Kier molecular flexibility index (Phi) is 6.59. The van der Waals surface area contributed by atoms with Crippen molar-refractivity contribution in [1.82, 2.24) is 9.21 Å². The van der Waals surface area contributed by atoms with E-state index in [0.717, 1.165) is 5.56 Å². The lowest BCUT2D eigenvalue weighted by atomic mass is 10.1. The van der Waals surface area contributed by atoms with Gasteiger partial charge in [0.2, 0.25) is 10.0 Å². The Morgan fingerprint density at radius 3 is 1.85 bits per heavy atom. The van der Waals surface area contributed by atoms with E-state index in [0.29, 0.717) is 36.3 Å². The van der Waals surface area contributed by atoms with Crippen LogP contribution in [0.3, 0.4) is 0 Å². The van der Waals surface area contributed by atoms with Gasteiger partial charge in [0.05, 0.1) is 4.90 Å². The van der Waals surface area contributed by atoms with E-state index in [1.165, 1.54) is 4.31 Å². The highest BCUT2D eigenvalue weighted by Gasteiger charge is 2.38. The molecular weight excluding hydrogens is 391 g/mol. The van der Waals surface area contributed by atoms with Gasteiger partial charge in [-0.15, -0.1) is 23.2 Å². The van der Waals surface area contributed by atoms with Crippen molar-refractivity contribution in [3.8, 4) is 0 Å². The smallest absolute Gasteiger partial charge is 0.243 e. The summed E-state index contributed by atoms with van der Waals surface area (Å²) in [6.45, 7) is 1.43. The first-order valence-electron chi connectivity index (χ1n) is 8.53. The summed E-state index contributed by atoms with van der Waals surface area (Å²) in [6, 6.07) is 18.4. The number of halogens is 2. The molecule has 0 radical (unpaired) electrons. The molecule has 2 atom stereocenters. The Morgan fingerprint density at radius 2 is 1.35 bits per heavy atom. The van der Waals surface area contributed by atoms with Crippen molar-refractivity contribution >= 4 is 33.2 Å². The highest BCUT2D eigenvalue weighted by atomic mass is 35.5. The lowest BCUT2D eigenvalue weighted by Gasteiger charge is -2.45. The molecule has 1 saturated heterocycles. The molecule has 0 N–H and O–H groups in total. The summed E-state index contributed by atoms with van der Waals surface area (Å²) >= 11 is 12.4. The predicted molar refractivity (Wildman–Crippen MR) is 106 cm³/mol. The minimum atomic E-state index is -3.55. The van der Waals surface area contributed by atoms with Gasteiger partial charge in [0.15, 0.2) is 0 Å². The van der Waals surface area contributed by atoms with Gasteiger partial charge in [-0.1, -0.05) is 48.5 Å². The van der Waals surface area contributed by atoms with Gasteiger partial charge in [0.25, 0.3) is 0 Å². The van der Waals surface area contributed by atoms with Gasteiger partial charge in [0.1, 0.15) is 0 Å². The summed E-state index contributed by atoms with van der Waals surface area (Å²) in [6.07, 6.45) is 0. The number of hydrogen-bond donors (Lipinski definition) is 0. The highest BCUT2D eigenvalue weighted by molar-refractivity contribution is 7.89. The first-order valence-corrected chi connectivity index (χ1v) is 11.0. The van der Waals surface area contributed by atoms with Crippen LogP contribution in [0.1, 0.15) is 5.56 Å². The zero-order valence-electron chi connectivity index (χ0n) is 14.3. The van der Waals surface area contributed by atoms with Crippen molar-refractivity contribution in [3.63, 3.8) is 0 Å². The third-order valence-electron chi connectivity index (χ3n) is 4.71. The highest BCUT2D eigenvalue weighted by Crippen LogP contribution is 2.26. The Balaban J connectivity index is 1.84. The molecule has 26 heavy (non-hydrogen) atoms. The van der Waals surface area contributed by atoms with Crippen LogP contribution in [0.15, 0.2) is 65.6 Å². The third-order valence-corrected chi connectivity index (χ3v) is 7.27. The molecule has 0 aromatic heterocycles. The second-order valence-electron chi connectivity index (χ2n) is 6.41. The number of benzene rings is 2. The quantitative estimate of drug-likeness (QED) is 0.682. The lowest BCUT2D eigenvalue weighted by Crippen LogP contribution is -2.60. The molecule has 2 aromatic rings. The lowest BCUT2D eigenvalue weighted by molar-refractivity contribution is 0.0734. The fourth-order valence-corrected chi connectivity index (χ4v) is 5.40. The number of nitrogens with zero attached hydrogens (tertiary/aromatic N) is 2. The first kappa shape index (κ1) is 19.6. The maximum atomic E-state index is 13.0. The number of rotatable bonds is 6. The van der Waals surface area contributed by atoms with Crippen LogP contribution in [-0.4, -0.2) is 54.6 Å². The number of alkyl halides is 2. The van der Waals surface area contributed by atoms with Crippen molar-refractivity contribution in [2.24, 2.45) is 0 Å². The number of hydrogen-bond acceptors (Lipinski definition) is 3. The van der Waals surface area contributed by atoms with Crippen molar-refractivity contribution in [2.75, 3.05) is 24.8 Å². The molecule has 0 spiro atoms. The zero-order chi connectivity index (χ0) is 18.6. The SMILES string of the molecule is O=S(=O)(c1ccccc1)N1CC(CCl)N(Cc2ccccc2)[C@H](CCl)C1. The second-order valence-corrected chi connectivity index (χ2v) is 8.96. The van der Waals surface area contributed by atoms with Crippen molar-refractivity contribution in [3.05, 3.63) is 66.2 Å². The van der Waals surface area contributed by atoms with Gasteiger partial charge in [-0.25, -0.2) is 8.42 Å². The van der Waals surface area contributed by atoms with Gasteiger partial charge < -0.3 is 0 Å². The van der Waals surface area contributed by atoms with Crippen molar-refractivity contribution < 1.29 is 8.42 Å². The van der Waals surface area contributed by atoms with Crippen LogP contribution >= 0.6 is 23.2 Å². The molecular formula is C19H22Cl2N2O2S. The van der Waals surface area contributed by atoms with Crippen molar-refractivity contribution in [2.45, 2.75) is 23.5 Å². The van der Waals surface area contributed by atoms with Crippen molar-refractivity contribution in [1.29, 1.82) is 0 Å². The Morgan fingerprint density at radius 1 is 0.846 bits per heavy atom. The van der Waals surface area contributed by atoms with E-state index in [9.17, 15) is 8.42 Å². The number of piperazine rings is 1. The largest absolute Gasteiger partial charge is 0.288 e. The standard InChI is InChI=1S/C19H22Cl2N2O2S/c20-11-17-14-22(26(24,25)19-9-5-2-6-10-19)15-18(12-21)23(17)13-16-7-3-1-4-8-16/h1-10,17-18H,11-15H2/t17-,18?/m1/s1. The molecule has 2 aromatic carbocycles. The summed E-state index contributed by atoms with van der Waals surface area (Å²) < 4.78 is 27.5. The van der Waals surface area contributed by atoms with Gasteiger partial charge in [-0.3, -0.25) is 4.90 Å². The molecule has 1 unspecified atom stereocenters. The summed E-state index contributed by atoms with van der Waals surface area (Å²) in [5.41, 5.74) is 1.16. The van der Waals surface area contributed by atoms with Gasteiger partial charge in [-0.05, 0) is 17.7 Å². The normalized spacial score (nSPS) is 22.4. The Hall–Kier alpha value is -1.11. The Labute approximate surface area is 165 Å². The van der Waals surface area contributed by atoms with Gasteiger partial charge >= 0.3 is 0 Å². The predicted octanol–water partition coefficient (Wildman–Crippen LogP) is 3.41. The minimum Gasteiger partial charge on any atom is -0.288 e. The monoisotopic (exact) mass is 412 g/mol. The molecule has 1 heterocycles. The molecule has 140 valence electrons. The fourth-order valence-electron chi connectivity index (χ4n) is 3.32. The fraction of sp³-hybridized carbons (Fsp3) is 0.368. The second kappa shape index (κ2) is 8.72. The van der Waals surface area contributed by atoms with E-state index >= 15 is 0 Å². The molecule has 0 bridgehead atoms. The molecule has 1 aliphatic rings. The van der Waals surface area contributed by atoms with Crippen LogP contribution in [0.5, 0.6) is 0 Å². The van der Waals surface area contributed by atoms with E-state index in [1.54, 1.807) is 30.3 Å². The Bertz CT molecular complexity index is 789. The van der Waals surface area contributed by atoms with E-state index in [4.69, 9.17) is 23.2 Å². The summed E-state index contributed by atoms with van der Waals surface area (Å²) in [4.78, 5) is 2.53. The van der Waals surface area contributed by atoms with Crippen LogP contribution in [0.4, 0.5) is 0 Å². The van der Waals surface area contributed by atoms with Gasteiger partial charge in [-0.2, -0.15) is 4.31 Å². The van der Waals surface area contributed by atoms with Crippen LogP contribution < -0.4 is 0 Å². The molecule has 0 saturated carbocycles. The minimum absolute atomic E-state index is 0.0899. The van der Waals surface area contributed by atoms with Crippen LogP contribution in [0, 0.1) is 0 Å². The maximum absolute atomic E-state index is 13.0. The van der Waals surface area contributed by atoms with Crippen LogP contribution in [0.2, 0.25) is 0 Å². The summed E-state index contributed by atoms with van der Waals surface area (Å²) in [5.74, 6) is 0.696. The third kappa shape index (κ3) is 4.24. The first-order chi connectivity index (χ1) is 12.6. The molecule has 3 rings (SSSR count). The topological polar surface area (TPSA) is 40.6 Å².